The van der Waals surface area contributed by atoms with Crippen molar-refractivity contribution in [2.24, 2.45) is 4.99 Å². The Morgan fingerprint density at radius 3 is 2.62 bits per heavy atom. The molecule has 0 saturated carbocycles. The van der Waals surface area contributed by atoms with Crippen molar-refractivity contribution in [3.05, 3.63) is 71.0 Å². The maximum atomic E-state index is 13.8. The summed E-state index contributed by atoms with van der Waals surface area (Å²) in [5.41, 5.74) is 1.09. The molecule has 0 saturated heterocycles. The molecule has 11 heteroatoms. The largest absolute Gasteiger partial charge is 0.493 e. The molecule has 37 heavy (non-hydrogen) atoms. The van der Waals surface area contributed by atoms with Crippen molar-refractivity contribution in [3.8, 4) is 11.5 Å². The molecule has 3 aromatic rings. The number of thiazole rings is 1. The van der Waals surface area contributed by atoms with E-state index in [1.165, 1.54) is 15.9 Å². The van der Waals surface area contributed by atoms with Crippen LogP contribution in [-0.2, 0) is 9.53 Å². The van der Waals surface area contributed by atoms with Gasteiger partial charge in [-0.3, -0.25) is 9.36 Å². The number of esters is 1. The fourth-order valence-electron chi connectivity index (χ4n) is 4.06. The molecule has 0 spiro atoms. The van der Waals surface area contributed by atoms with E-state index in [1.54, 1.807) is 45.2 Å². The summed E-state index contributed by atoms with van der Waals surface area (Å²) in [5.74, 6) is 1.69. The minimum Gasteiger partial charge on any atom is -0.493 e. The maximum absolute atomic E-state index is 13.8. The molecular weight excluding hydrogens is 562 g/mol. The standard InChI is InChI=1S/C26H28BrN3O6S/c1-7-34-19-13-17(27)16(12-18(19)33-6)23-22(25(32)35-8-2)14(3)28-26-30(23)24(31)20(37-26)11-15-9-10-21(36-15)29(4)5/h9-13,23H,7-8H2,1-6H3/b20-11+/t23-/m0/s1. The predicted octanol–water partition coefficient (Wildman–Crippen LogP) is 3.63. The van der Waals surface area contributed by atoms with Crippen LogP contribution in [0.1, 0.15) is 38.1 Å². The first-order chi connectivity index (χ1) is 17.7. The van der Waals surface area contributed by atoms with Crippen LogP contribution in [0.2, 0.25) is 0 Å². The first-order valence-corrected chi connectivity index (χ1v) is 13.3. The van der Waals surface area contributed by atoms with E-state index in [9.17, 15) is 9.59 Å². The molecule has 0 unspecified atom stereocenters. The third kappa shape index (κ3) is 5.10. The Labute approximate surface area is 226 Å². The highest BCUT2D eigenvalue weighted by Crippen LogP contribution is 2.41. The van der Waals surface area contributed by atoms with E-state index in [1.807, 2.05) is 32.0 Å². The van der Waals surface area contributed by atoms with Gasteiger partial charge in [0.1, 0.15) is 5.76 Å². The van der Waals surface area contributed by atoms with Crippen molar-refractivity contribution in [3.63, 3.8) is 0 Å². The van der Waals surface area contributed by atoms with Crippen LogP contribution in [0.4, 0.5) is 5.88 Å². The molecule has 196 valence electrons. The Morgan fingerprint density at radius 2 is 2.00 bits per heavy atom. The van der Waals surface area contributed by atoms with Gasteiger partial charge in [0.2, 0.25) is 0 Å². The van der Waals surface area contributed by atoms with Crippen LogP contribution < -0.4 is 29.3 Å². The van der Waals surface area contributed by atoms with Gasteiger partial charge in [0, 0.05) is 30.7 Å². The molecule has 1 aliphatic heterocycles. The zero-order chi connectivity index (χ0) is 26.9. The van der Waals surface area contributed by atoms with E-state index < -0.39 is 12.0 Å². The number of aromatic nitrogens is 1. The average molecular weight is 590 g/mol. The number of hydrogen-bond acceptors (Lipinski definition) is 9. The quantitative estimate of drug-likeness (QED) is 0.370. The van der Waals surface area contributed by atoms with Crippen LogP contribution in [0.15, 0.2) is 54.2 Å². The summed E-state index contributed by atoms with van der Waals surface area (Å²) >= 11 is 4.85. The summed E-state index contributed by atoms with van der Waals surface area (Å²) in [6, 6.07) is 6.37. The van der Waals surface area contributed by atoms with Crippen LogP contribution >= 0.6 is 27.3 Å². The second-order valence-electron chi connectivity index (χ2n) is 8.33. The Kier molecular flexibility index (Phi) is 7.93. The minimum atomic E-state index is -0.801. The van der Waals surface area contributed by atoms with Gasteiger partial charge in [-0.2, -0.15) is 0 Å². The third-order valence-corrected chi connectivity index (χ3v) is 7.39. The van der Waals surface area contributed by atoms with E-state index in [0.717, 1.165) is 0 Å². The monoisotopic (exact) mass is 589 g/mol. The molecule has 9 nitrogen and oxygen atoms in total. The summed E-state index contributed by atoms with van der Waals surface area (Å²) in [7, 11) is 5.29. The highest BCUT2D eigenvalue weighted by molar-refractivity contribution is 9.10. The van der Waals surface area contributed by atoms with Gasteiger partial charge in [-0.05, 0) is 44.5 Å². The summed E-state index contributed by atoms with van der Waals surface area (Å²) in [6.45, 7) is 6.00. The van der Waals surface area contributed by atoms with Gasteiger partial charge in [-0.25, -0.2) is 9.79 Å². The predicted molar refractivity (Wildman–Crippen MR) is 145 cm³/mol. The molecule has 1 aromatic carbocycles. The topological polar surface area (TPSA) is 95.5 Å². The van der Waals surface area contributed by atoms with Gasteiger partial charge < -0.3 is 23.5 Å². The van der Waals surface area contributed by atoms with Crippen molar-refractivity contribution in [2.75, 3.05) is 39.3 Å². The summed E-state index contributed by atoms with van der Waals surface area (Å²) in [6.07, 6.45) is 1.69. The lowest BCUT2D eigenvalue weighted by atomic mass is 9.95. The maximum Gasteiger partial charge on any atom is 0.338 e. The molecular formula is C26H28BrN3O6S. The molecule has 1 aliphatic rings. The average Bonchev–Trinajstić information content (AvgIpc) is 3.44. The Balaban J connectivity index is 1.97. The molecule has 0 fully saturated rings. The fraction of sp³-hybridized carbons (Fsp3) is 0.346. The number of carbonyl (C=O) groups excluding carboxylic acids is 1. The van der Waals surface area contributed by atoms with Gasteiger partial charge in [-0.1, -0.05) is 27.3 Å². The molecule has 0 N–H and O–H groups in total. The number of benzene rings is 1. The first kappa shape index (κ1) is 26.7. The number of rotatable bonds is 8. The number of halogens is 1. The van der Waals surface area contributed by atoms with E-state index in [-0.39, 0.29) is 17.7 Å². The lowest BCUT2D eigenvalue weighted by Crippen LogP contribution is -2.40. The number of anilines is 1. The molecule has 4 rings (SSSR count). The number of carbonyl (C=O) groups is 1. The summed E-state index contributed by atoms with van der Waals surface area (Å²) in [4.78, 5) is 33.9. The van der Waals surface area contributed by atoms with Crippen LogP contribution in [0, 0.1) is 0 Å². The van der Waals surface area contributed by atoms with Crippen molar-refractivity contribution in [1.82, 2.24) is 4.57 Å². The Hall–Kier alpha value is -3.31. The van der Waals surface area contributed by atoms with E-state index in [0.29, 0.717) is 54.8 Å². The lowest BCUT2D eigenvalue weighted by Gasteiger charge is -2.26. The Morgan fingerprint density at radius 1 is 1.24 bits per heavy atom. The van der Waals surface area contributed by atoms with Crippen molar-refractivity contribution < 1.29 is 23.4 Å². The number of methoxy groups -OCH3 is 1. The van der Waals surface area contributed by atoms with Gasteiger partial charge >= 0.3 is 5.97 Å². The molecule has 1 atom stereocenters. The molecule has 0 bridgehead atoms. The van der Waals surface area contributed by atoms with Crippen molar-refractivity contribution >= 4 is 45.2 Å². The number of furan rings is 1. The number of allylic oxidation sites excluding steroid dienone is 1. The van der Waals surface area contributed by atoms with Gasteiger partial charge in [-0.15, -0.1) is 0 Å². The van der Waals surface area contributed by atoms with Crippen LogP contribution in [-0.4, -0.2) is 45.0 Å². The van der Waals surface area contributed by atoms with Crippen LogP contribution in [0.25, 0.3) is 6.08 Å². The highest BCUT2D eigenvalue weighted by Gasteiger charge is 2.35. The normalized spacial score (nSPS) is 15.3. The smallest absolute Gasteiger partial charge is 0.338 e. The van der Waals surface area contributed by atoms with Crippen LogP contribution in [0.3, 0.4) is 0 Å². The van der Waals surface area contributed by atoms with E-state index in [2.05, 4.69) is 20.9 Å². The number of nitrogens with zero attached hydrogens (tertiary/aromatic N) is 3. The van der Waals surface area contributed by atoms with Crippen molar-refractivity contribution in [2.45, 2.75) is 26.8 Å². The number of ether oxygens (including phenoxy) is 3. The summed E-state index contributed by atoms with van der Waals surface area (Å²) in [5, 5.41) is 0. The zero-order valence-corrected chi connectivity index (χ0v) is 23.9. The van der Waals surface area contributed by atoms with Gasteiger partial charge in [0.15, 0.2) is 22.2 Å². The SMILES string of the molecule is CCOC(=O)C1=C(C)N=c2s/c(=C/c3ccc(N(C)C)o3)c(=O)n2[C@H]1c1cc(OC)c(OCC)cc1Br. The minimum absolute atomic E-state index is 0.188. The Bertz CT molecular complexity index is 1550. The third-order valence-electron chi connectivity index (χ3n) is 5.72. The van der Waals surface area contributed by atoms with E-state index in [4.69, 9.17) is 18.6 Å². The summed E-state index contributed by atoms with van der Waals surface area (Å²) < 4.78 is 25.1. The number of hydrogen-bond donors (Lipinski definition) is 0. The molecule has 0 amide bonds. The zero-order valence-electron chi connectivity index (χ0n) is 21.5. The first-order valence-electron chi connectivity index (χ1n) is 11.7. The van der Waals surface area contributed by atoms with Crippen LogP contribution in [0.5, 0.6) is 11.5 Å². The number of fused-ring (bicyclic) bond motifs is 1. The lowest BCUT2D eigenvalue weighted by molar-refractivity contribution is -0.139. The van der Waals surface area contributed by atoms with Crippen molar-refractivity contribution in [1.29, 1.82) is 0 Å². The second kappa shape index (κ2) is 11.0. The second-order valence-corrected chi connectivity index (χ2v) is 10.2. The molecule has 0 aliphatic carbocycles. The molecule has 0 radical (unpaired) electrons. The van der Waals surface area contributed by atoms with E-state index >= 15 is 0 Å². The highest BCUT2D eigenvalue weighted by atomic mass is 79.9. The molecule has 3 heterocycles. The van der Waals surface area contributed by atoms with Gasteiger partial charge in [0.05, 0.1) is 42.2 Å². The molecule has 2 aromatic heterocycles. The fourth-order valence-corrected chi connectivity index (χ4v) is 5.63. The van der Waals surface area contributed by atoms with Gasteiger partial charge in [0.25, 0.3) is 5.56 Å².